The maximum Gasteiger partial charge on any atom is 0.265 e. The molecule has 0 saturated carbocycles. The Morgan fingerprint density at radius 1 is 0.833 bits per heavy atom. The fourth-order valence-corrected chi connectivity index (χ4v) is 7.34. The van der Waals surface area contributed by atoms with Gasteiger partial charge in [-0.3, -0.25) is 19.6 Å². The number of hydrogen-bond acceptors (Lipinski definition) is 6. The van der Waals surface area contributed by atoms with E-state index in [1.54, 1.807) is 0 Å². The zero-order valence-corrected chi connectivity index (χ0v) is 29.1. The van der Waals surface area contributed by atoms with Gasteiger partial charge in [-0.25, -0.2) is 0 Å². The van der Waals surface area contributed by atoms with E-state index in [0.29, 0.717) is 53.5 Å². The van der Waals surface area contributed by atoms with Crippen LogP contribution in [-0.2, 0) is 43.3 Å². The number of primary amides is 2. The van der Waals surface area contributed by atoms with Gasteiger partial charge in [-0.15, -0.1) is 0 Å². The van der Waals surface area contributed by atoms with Crippen LogP contribution in [0.4, 0.5) is 0 Å². The number of aromatic nitrogens is 4. The molecular weight excluding hydrogens is 600 g/mol. The maximum atomic E-state index is 11.8. The van der Waals surface area contributed by atoms with Gasteiger partial charge in [0.15, 0.2) is 0 Å². The van der Waals surface area contributed by atoms with Crippen molar-refractivity contribution in [1.29, 1.82) is 10.5 Å². The summed E-state index contributed by atoms with van der Waals surface area (Å²) in [5, 5.41) is 18.2. The summed E-state index contributed by atoms with van der Waals surface area (Å²) in [5.74, 6) is 0.329. The summed E-state index contributed by atoms with van der Waals surface area (Å²) in [4.78, 5) is 38.9. The summed E-state index contributed by atoms with van der Waals surface area (Å²) in [6.07, 6.45) is 7.76. The summed E-state index contributed by atoms with van der Waals surface area (Å²) < 4.78 is 0. The van der Waals surface area contributed by atoms with E-state index in [4.69, 9.17) is 26.7 Å². The van der Waals surface area contributed by atoms with Crippen molar-refractivity contribution in [2.24, 2.45) is 34.1 Å². The van der Waals surface area contributed by atoms with Crippen LogP contribution in [0.3, 0.4) is 0 Å². The lowest BCUT2D eigenvalue weighted by Gasteiger charge is -2.34. The van der Waals surface area contributed by atoms with E-state index in [9.17, 15) is 14.9 Å². The van der Waals surface area contributed by atoms with Gasteiger partial charge in [0.2, 0.25) is 5.91 Å². The molecule has 2 amide bonds. The minimum Gasteiger partial charge on any atom is -0.370 e. The molecule has 4 heterocycles. The van der Waals surface area contributed by atoms with Crippen LogP contribution in [0.2, 0.25) is 0 Å². The highest BCUT2D eigenvalue weighted by Gasteiger charge is 2.31. The number of aryl methyl sites for hydroxylation is 4. The summed E-state index contributed by atoms with van der Waals surface area (Å²) in [6, 6.07) is 8.63. The molecule has 2 aliphatic carbocycles. The van der Waals surface area contributed by atoms with Crippen molar-refractivity contribution in [3.8, 4) is 12.1 Å². The normalized spacial score (nSPS) is 17.5. The number of fused-ring (bicyclic) bond motifs is 4. The molecule has 0 saturated heterocycles. The van der Waals surface area contributed by atoms with Crippen LogP contribution in [0.15, 0.2) is 12.1 Å². The lowest BCUT2D eigenvalue weighted by molar-refractivity contribution is -0.117. The third kappa shape index (κ3) is 7.23. The molecule has 0 aromatic carbocycles. The van der Waals surface area contributed by atoms with E-state index >= 15 is 0 Å². The predicted octanol–water partition coefficient (Wildman–Crippen LogP) is 6.27. The molecule has 2 atom stereocenters. The van der Waals surface area contributed by atoms with Gasteiger partial charge >= 0.3 is 0 Å². The van der Waals surface area contributed by atoms with Crippen molar-refractivity contribution < 1.29 is 9.59 Å². The number of nitrogens with one attached hydrogen (secondary N) is 2. The fourth-order valence-electron chi connectivity index (χ4n) is 7.34. The van der Waals surface area contributed by atoms with Gasteiger partial charge in [0.25, 0.3) is 5.91 Å². The SMILES string of the molecule is CC(C)(C)C1CCc2nc3c(CCC#N)c(C#N)[nH]c3cc2C1.CC(C)(C)C1CCc2nc3c(CCC(N)=O)c(C(N)=O)[nH]c3cc2C1. The molecule has 0 fully saturated rings. The number of amides is 2. The van der Waals surface area contributed by atoms with Crippen LogP contribution < -0.4 is 11.5 Å². The Morgan fingerprint density at radius 3 is 1.81 bits per heavy atom. The van der Waals surface area contributed by atoms with E-state index in [-0.39, 0.29) is 11.8 Å². The van der Waals surface area contributed by atoms with Gasteiger partial charge < -0.3 is 21.4 Å². The molecule has 0 spiro atoms. The van der Waals surface area contributed by atoms with Gasteiger partial charge in [0, 0.05) is 35.4 Å². The number of pyridine rings is 2. The van der Waals surface area contributed by atoms with Gasteiger partial charge in [-0.05, 0) is 97.3 Å². The number of carbonyl (C=O) groups is 2. The topological polar surface area (TPSA) is 191 Å². The van der Waals surface area contributed by atoms with Crippen LogP contribution in [0.1, 0.15) is 117 Å². The number of rotatable bonds is 6. The van der Waals surface area contributed by atoms with E-state index in [1.165, 1.54) is 16.8 Å². The molecular formula is C38H48N8O2. The Bertz CT molecular complexity index is 1960. The van der Waals surface area contributed by atoms with Gasteiger partial charge in [-0.2, -0.15) is 10.5 Å². The zero-order chi connectivity index (χ0) is 35.0. The van der Waals surface area contributed by atoms with Crippen molar-refractivity contribution in [2.45, 2.75) is 106 Å². The van der Waals surface area contributed by atoms with Crippen LogP contribution >= 0.6 is 0 Å². The number of hydrogen-bond donors (Lipinski definition) is 4. The first-order valence-corrected chi connectivity index (χ1v) is 17.0. The number of H-pyrrole nitrogens is 2. The van der Waals surface area contributed by atoms with Crippen molar-refractivity contribution in [3.05, 3.63) is 57.2 Å². The molecule has 252 valence electrons. The first kappa shape index (κ1) is 34.6. The van der Waals surface area contributed by atoms with E-state index in [0.717, 1.165) is 71.8 Å². The van der Waals surface area contributed by atoms with E-state index in [2.05, 4.69) is 75.8 Å². The zero-order valence-electron chi connectivity index (χ0n) is 29.1. The molecule has 10 heteroatoms. The molecule has 2 unspecified atom stereocenters. The highest BCUT2D eigenvalue weighted by atomic mass is 16.1. The van der Waals surface area contributed by atoms with Crippen LogP contribution in [-0.4, -0.2) is 31.8 Å². The number of nitrogens with two attached hydrogens (primary N) is 2. The second-order valence-electron chi connectivity index (χ2n) is 15.6. The number of nitriles is 2. The van der Waals surface area contributed by atoms with Crippen molar-refractivity contribution >= 4 is 33.9 Å². The minimum atomic E-state index is -0.539. The molecule has 48 heavy (non-hydrogen) atoms. The molecule has 10 nitrogen and oxygen atoms in total. The second kappa shape index (κ2) is 13.4. The Balaban J connectivity index is 0.000000188. The Hall–Kier alpha value is -4.70. The lowest BCUT2D eigenvalue weighted by Crippen LogP contribution is -2.27. The van der Waals surface area contributed by atoms with E-state index in [1.807, 2.05) is 0 Å². The number of aromatic amines is 2. The van der Waals surface area contributed by atoms with Gasteiger partial charge in [-0.1, -0.05) is 41.5 Å². The molecule has 6 rings (SSSR count). The third-order valence-corrected chi connectivity index (χ3v) is 10.4. The summed E-state index contributed by atoms with van der Waals surface area (Å²) in [7, 11) is 0. The highest BCUT2D eigenvalue weighted by Crippen LogP contribution is 2.39. The average Bonchev–Trinajstić information content (AvgIpc) is 3.56. The van der Waals surface area contributed by atoms with Gasteiger partial charge in [0.05, 0.1) is 28.1 Å². The molecule has 4 aromatic rings. The predicted molar refractivity (Wildman–Crippen MR) is 187 cm³/mol. The van der Waals surface area contributed by atoms with Crippen LogP contribution in [0, 0.1) is 45.3 Å². The monoisotopic (exact) mass is 648 g/mol. The Morgan fingerprint density at radius 2 is 1.35 bits per heavy atom. The largest absolute Gasteiger partial charge is 0.370 e. The van der Waals surface area contributed by atoms with Crippen LogP contribution in [0.25, 0.3) is 22.1 Å². The van der Waals surface area contributed by atoms with Crippen molar-refractivity contribution in [1.82, 2.24) is 19.9 Å². The number of carbonyl (C=O) groups excluding carboxylic acids is 2. The van der Waals surface area contributed by atoms with Crippen molar-refractivity contribution in [2.75, 3.05) is 0 Å². The van der Waals surface area contributed by atoms with E-state index < -0.39 is 11.8 Å². The first-order chi connectivity index (χ1) is 22.6. The fraction of sp³-hybridized carbons (Fsp3) is 0.526. The third-order valence-electron chi connectivity index (χ3n) is 10.4. The molecule has 6 N–H and O–H groups in total. The summed E-state index contributed by atoms with van der Waals surface area (Å²) in [5.41, 5.74) is 22.0. The lowest BCUT2D eigenvalue weighted by atomic mass is 9.71. The number of nitrogens with zero attached hydrogens (tertiary/aromatic N) is 4. The standard InChI is InChI=1S/C19H26N4O2.C19H22N4/c1-19(2,3)11-4-6-13-10(8-11)9-14-16(22-13)12(5-7-15(20)24)17(23-14)18(21)25;1-19(2,3)13-6-7-15-12(9-13)10-16-18(23-15)14(5-4-8-20)17(11-21)22-16/h9,11,23H,4-8H2,1-3H3,(H2,20,24)(H2,21,25);10,13,22H,4-7,9H2,1-3H3. The quantitative estimate of drug-likeness (QED) is 0.190. The Kier molecular flexibility index (Phi) is 9.69. The van der Waals surface area contributed by atoms with Crippen LogP contribution in [0.5, 0.6) is 0 Å². The molecule has 0 bridgehead atoms. The summed E-state index contributed by atoms with van der Waals surface area (Å²) in [6.45, 7) is 13.7. The minimum absolute atomic E-state index is 0.165. The Labute approximate surface area is 282 Å². The molecule has 0 radical (unpaired) electrons. The molecule has 2 aliphatic rings. The molecule has 0 aliphatic heterocycles. The highest BCUT2D eigenvalue weighted by molar-refractivity contribution is 5.99. The average molecular weight is 649 g/mol. The van der Waals surface area contributed by atoms with Gasteiger partial charge in [0.1, 0.15) is 17.5 Å². The molecule has 4 aromatic heterocycles. The smallest absolute Gasteiger partial charge is 0.265 e. The van der Waals surface area contributed by atoms with Crippen molar-refractivity contribution in [3.63, 3.8) is 0 Å². The second-order valence-corrected chi connectivity index (χ2v) is 15.6. The summed E-state index contributed by atoms with van der Waals surface area (Å²) >= 11 is 0. The maximum absolute atomic E-state index is 11.8. The first-order valence-electron chi connectivity index (χ1n) is 17.0.